The third kappa shape index (κ3) is 2.26. The van der Waals surface area contributed by atoms with Crippen molar-refractivity contribution in [1.82, 2.24) is 14.3 Å². The van der Waals surface area contributed by atoms with Gasteiger partial charge in [-0.1, -0.05) is 0 Å². The molecule has 19 heavy (non-hydrogen) atoms. The SMILES string of the molecule is O=C(O)C1CCCN1Cc1cc(=O)n2ccsc2n1. The Kier molecular flexibility index (Phi) is 3.08. The largest absolute Gasteiger partial charge is 0.480 e. The molecular weight excluding hydrogens is 266 g/mol. The van der Waals surface area contributed by atoms with Gasteiger partial charge in [0, 0.05) is 24.2 Å². The van der Waals surface area contributed by atoms with Crippen molar-refractivity contribution in [2.45, 2.75) is 25.4 Å². The minimum atomic E-state index is -0.800. The molecule has 0 amide bonds. The third-order valence-corrected chi connectivity index (χ3v) is 4.13. The molecule has 7 heteroatoms. The molecule has 6 nitrogen and oxygen atoms in total. The minimum absolute atomic E-state index is 0.118. The smallest absolute Gasteiger partial charge is 0.320 e. The number of aliphatic carboxylic acids is 1. The Morgan fingerprint density at radius 1 is 1.58 bits per heavy atom. The molecular formula is C12H13N3O3S. The Labute approximate surface area is 112 Å². The summed E-state index contributed by atoms with van der Waals surface area (Å²) in [5.41, 5.74) is 0.521. The van der Waals surface area contributed by atoms with Crippen LogP contribution in [0, 0.1) is 0 Å². The molecule has 0 aromatic carbocycles. The Hall–Kier alpha value is -1.73. The van der Waals surface area contributed by atoms with Crippen LogP contribution in [0.5, 0.6) is 0 Å². The average molecular weight is 279 g/mol. The second kappa shape index (κ2) is 4.75. The first-order valence-corrected chi connectivity index (χ1v) is 6.96. The standard InChI is InChI=1S/C12H13N3O3S/c16-10-6-8(13-12-15(10)4-5-19-12)7-14-3-1-2-9(14)11(17)18/h4-6,9H,1-3,7H2,(H,17,18). The molecule has 1 saturated heterocycles. The van der Waals surface area contributed by atoms with Crippen LogP contribution >= 0.6 is 11.3 Å². The van der Waals surface area contributed by atoms with E-state index < -0.39 is 12.0 Å². The molecule has 2 aromatic heterocycles. The van der Waals surface area contributed by atoms with Gasteiger partial charge in [0.05, 0.1) is 5.69 Å². The van der Waals surface area contributed by atoms with Crippen molar-refractivity contribution in [3.8, 4) is 0 Å². The van der Waals surface area contributed by atoms with Gasteiger partial charge in [-0.3, -0.25) is 18.9 Å². The van der Waals surface area contributed by atoms with Gasteiger partial charge in [-0.2, -0.15) is 0 Å². The van der Waals surface area contributed by atoms with Crippen LogP contribution in [0.2, 0.25) is 0 Å². The monoisotopic (exact) mass is 279 g/mol. The lowest BCUT2D eigenvalue weighted by molar-refractivity contribution is -0.142. The minimum Gasteiger partial charge on any atom is -0.480 e. The number of carboxylic acids is 1. The molecule has 0 saturated carbocycles. The second-order valence-corrected chi connectivity index (χ2v) is 5.48. The zero-order chi connectivity index (χ0) is 13.4. The highest BCUT2D eigenvalue weighted by Gasteiger charge is 2.30. The number of fused-ring (bicyclic) bond motifs is 1. The lowest BCUT2D eigenvalue weighted by Crippen LogP contribution is -2.35. The molecule has 1 N–H and O–H groups in total. The number of rotatable bonds is 3. The molecule has 0 aliphatic carbocycles. The number of thiazole rings is 1. The summed E-state index contributed by atoms with van der Waals surface area (Å²) in [6.07, 6.45) is 3.22. The van der Waals surface area contributed by atoms with Crippen LogP contribution in [-0.4, -0.2) is 37.9 Å². The lowest BCUT2D eigenvalue weighted by Gasteiger charge is -2.20. The third-order valence-electron chi connectivity index (χ3n) is 3.37. The van der Waals surface area contributed by atoms with Crippen LogP contribution in [0.15, 0.2) is 22.4 Å². The summed E-state index contributed by atoms with van der Waals surface area (Å²) in [6, 6.07) is 1.03. The summed E-state index contributed by atoms with van der Waals surface area (Å²) in [5, 5.41) is 10.9. The quantitative estimate of drug-likeness (QED) is 0.899. The van der Waals surface area contributed by atoms with Gasteiger partial charge in [0.25, 0.3) is 5.56 Å². The molecule has 3 rings (SSSR count). The maximum absolute atomic E-state index is 11.8. The maximum Gasteiger partial charge on any atom is 0.320 e. The highest BCUT2D eigenvalue weighted by atomic mass is 32.1. The van der Waals surface area contributed by atoms with Crippen LogP contribution in [0.3, 0.4) is 0 Å². The molecule has 1 fully saturated rings. The number of nitrogens with zero attached hydrogens (tertiary/aromatic N) is 3. The van der Waals surface area contributed by atoms with Crippen LogP contribution in [0.4, 0.5) is 0 Å². The highest BCUT2D eigenvalue weighted by Crippen LogP contribution is 2.19. The van der Waals surface area contributed by atoms with Gasteiger partial charge >= 0.3 is 5.97 Å². The Morgan fingerprint density at radius 3 is 3.21 bits per heavy atom. The van der Waals surface area contributed by atoms with E-state index in [0.29, 0.717) is 23.6 Å². The van der Waals surface area contributed by atoms with Gasteiger partial charge in [0.1, 0.15) is 6.04 Å². The zero-order valence-electron chi connectivity index (χ0n) is 10.2. The van der Waals surface area contributed by atoms with Gasteiger partial charge in [-0.05, 0) is 19.4 Å². The van der Waals surface area contributed by atoms with Gasteiger partial charge in [-0.15, -0.1) is 11.3 Å². The predicted molar refractivity (Wildman–Crippen MR) is 70.4 cm³/mol. The molecule has 3 heterocycles. The first-order valence-electron chi connectivity index (χ1n) is 6.08. The van der Waals surface area contributed by atoms with E-state index in [2.05, 4.69) is 4.98 Å². The molecule has 100 valence electrons. The second-order valence-electron chi connectivity index (χ2n) is 4.61. The van der Waals surface area contributed by atoms with Crippen LogP contribution in [0.1, 0.15) is 18.5 Å². The number of aromatic nitrogens is 2. The Bertz CT molecular complexity index is 678. The fourth-order valence-electron chi connectivity index (χ4n) is 2.47. The van der Waals surface area contributed by atoms with Crippen molar-refractivity contribution in [3.63, 3.8) is 0 Å². The predicted octanol–water partition coefficient (Wildman–Crippen LogP) is 0.805. The summed E-state index contributed by atoms with van der Waals surface area (Å²) >= 11 is 1.40. The van der Waals surface area contributed by atoms with Gasteiger partial charge < -0.3 is 5.11 Å². The topological polar surface area (TPSA) is 74.9 Å². The fourth-order valence-corrected chi connectivity index (χ4v) is 3.21. The summed E-state index contributed by atoms with van der Waals surface area (Å²) in [7, 11) is 0. The normalized spacial score (nSPS) is 20.1. The number of hydrogen-bond donors (Lipinski definition) is 1. The number of hydrogen-bond acceptors (Lipinski definition) is 5. The zero-order valence-corrected chi connectivity index (χ0v) is 11.0. The molecule has 1 atom stereocenters. The van der Waals surface area contributed by atoms with E-state index >= 15 is 0 Å². The first-order chi connectivity index (χ1) is 9.15. The molecule has 1 aliphatic heterocycles. The molecule has 1 aliphatic rings. The van der Waals surface area contributed by atoms with Crippen LogP contribution in [-0.2, 0) is 11.3 Å². The van der Waals surface area contributed by atoms with Crippen LogP contribution in [0.25, 0.3) is 4.96 Å². The molecule has 2 aromatic rings. The number of likely N-dealkylation sites (tertiary alicyclic amines) is 1. The van der Waals surface area contributed by atoms with E-state index in [1.807, 2.05) is 10.3 Å². The maximum atomic E-state index is 11.8. The van der Waals surface area contributed by atoms with E-state index in [9.17, 15) is 9.59 Å². The molecule has 0 spiro atoms. The van der Waals surface area contributed by atoms with Gasteiger partial charge in [0.2, 0.25) is 0 Å². The van der Waals surface area contributed by atoms with Crippen molar-refractivity contribution in [3.05, 3.63) is 33.7 Å². The van der Waals surface area contributed by atoms with Crippen LogP contribution < -0.4 is 5.56 Å². The van der Waals surface area contributed by atoms with E-state index in [4.69, 9.17) is 5.11 Å². The lowest BCUT2D eigenvalue weighted by atomic mass is 10.2. The van der Waals surface area contributed by atoms with E-state index in [1.165, 1.54) is 21.8 Å². The number of carboxylic acid groups (broad SMARTS) is 1. The van der Waals surface area contributed by atoms with Gasteiger partial charge in [-0.25, -0.2) is 4.98 Å². The summed E-state index contributed by atoms with van der Waals surface area (Å²) < 4.78 is 1.49. The van der Waals surface area contributed by atoms with E-state index in [-0.39, 0.29) is 5.56 Å². The summed E-state index contributed by atoms with van der Waals surface area (Å²) in [6.45, 7) is 1.16. The Morgan fingerprint density at radius 2 is 2.42 bits per heavy atom. The van der Waals surface area contributed by atoms with Crippen molar-refractivity contribution < 1.29 is 9.90 Å². The van der Waals surface area contributed by atoms with Crippen molar-refractivity contribution in [2.75, 3.05) is 6.54 Å². The summed E-state index contributed by atoms with van der Waals surface area (Å²) in [4.78, 5) is 29.9. The summed E-state index contributed by atoms with van der Waals surface area (Å²) in [5.74, 6) is -0.800. The molecule has 1 unspecified atom stereocenters. The van der Waals surface area contributed by atoms with E-state index in [1.54, 1.807) is 6.20 Å². The van der Waals surface area contributed by atoms with Crippen molar-refractivity contribution in [2.24, 2.45) is 0 Å². The fraction of sp³-hybridized carbons (Fsp3) is 0.417. The van der Waals surface area contributed by atoms with E-state index in [0.717, 1.165) is 13.0 Å². The molecule has 0 radical (unpaired) electrons. The van der Waals surface area contributed by atoms with Crippen molar-refractivity contribution in [1.29, 1.82) is 0 Å². The van der Waals surface area contributed by atoms with Crippen molar-refractivity contribution >= 4 is 22.3 Å². The Balaban J connectivity index is 1.89. The number of carbonyl (C=O) groups is 1. The average Bonchev–Trinajstić information content (AvgIpc) is 2.97. The highest BCUT2D eigenvalue weighted by molar-refractivity contribution is 7.15. The first kappa shape index (κ1) is 12.3. The van der Waals surface area contributed by atoms with Gasteiger partial charge in [0.15, 0.2) is 4.96 Å². The molecule has 0 bridgehead atoms.